The van der Waals surface area contributed by atoms with Gasteiger partial charge in [-0.1, -0.05) is 46.6 Å². The van der Waals surface area contributed by atoms with Crippen molar-refractivity contribution in [3.63, 3.8) is 0 Å². The fraction of sp³-hybridized carbons (Fsp3) is 0.714. The lowest BCUT2D eigenvalue weighted by Crippen LogP contribution is -2.63. The zero-order valence-electron chi connectivity index (χ0n) is 26.9. The van der Waals surface area contributed by atoms with Crippen LogP contribution in [0.3, 0.4) is 0 Å². The van der Waals surface area contributed by atoms with Crippen LogP contribution in [0.5, 0.6) is 0 Å². The molecular weight excluding hydrogens is 508 g/mol. The van der Waals surface area contributed by atoms with E-state index in [0.717, 1.165) is 67.7 Å². The number of pyridine rings is 2. The number of fused-ring (bicyclic) bond motifs is 13. The molecule has 6 heteroatoms. The summed E-state index contributed by atoms with van der Waals surface area (Å²) in [4.78, 5) is 10.7. The van der Waals surface area contributed by atoms with E-state index in [1.807, 2.05) is 0 Å². The Kier molecular flexibility index (Phi) is 8.71. The van der Waals surface area contributed by atoms with Crippen LogP contribution >= 0.6 is 0 Å². The van der Waals surface area contributed by atoms with Gasteiger partial charge in [-0.3, -0.25) is 10.6 Å². The number of ether oxygens (including phenoxy) is 2. The summed E-state index contributed by atoms with van der Waals surface area (Å²) >= 11 is 0. The van der Waals surface area contributed by atoms with E-state index in [1.54, 1.807) is 0 Å². The van der Waals surface area contributed by atoms with Crippen LogP contribution < -0.4 is 10.6 Å². The maximum atomic E-state index is 6.72. The molecule has 5 rings (SSSR count). The van der Waals surface area contributed by atoms with Gasteiger partial charge in [0.15, 0.2) is 0 Å². The number of aromatic nitrogens is 2. The second kappa shape index (κ2) is 11.7. The van der Waals surface area contributed by atoms with Gasteiger partial charge in [-0.05, 0) is 101 Å². The first-order valence-electron chi connectivity index (χ1n) is 16.2. The van der Waals surface area contributed by atoms with E-state index in [4.69, 9.17) is 19.4 Å². The van der Waals surface area contributed by atoms with Crippen molar-refractivity contribution in [3.05, 3.63) is 47.3 Å². The quantitative estimate of drug-likeness (QED) is 0.401. The van der Waals surface area contributed by atoms with Gasteiger partial charge in [0.2, 0.25) is 0 Å². The largest absolute Gasteiger partial charge is 0.377 e. The van der Waals surface area contributed by atoms with Crippen molar-refractivity contribution in [3.8, 4) is 11.4 Å². The molecule has 2 aromatic rings. The van der Waals surface area contributed by atoms with Gasteiger partial charge in [0.05, 0.1) is 59.8 Å². The summed E-state index contributed by atoms with van der Waals surface area (Å²) in [5.74, 6) is 0.896. The van der Waals surface area contributed by atoms with Gasteiger partial charge >= 0.3 is 0 Å². The first-order chi connectivity index (χ1) is 19.4. The van der Waals surface area contributed by atoms with Crippen molar-refractivity contribution >= 4 is 0 Å². The molecule has 0 aromatic carbocycles. The number of nitrogens with one attached hydrogen (secondary N) is 2. The summed E-state index contributed by atoms with van der Waals surface area (Å²) in [7, 11) is 0. The minimum absolute atomic E-state index is 0.0734. The Balaban J connectivity index is 1.70. The molecule has 7 unspecified atom stereocenters. The Morgan fingerprint density at radius 2 is 1.51 bits per heavy atom. The Labute approximate surface area is 248 Å². The zero-order chi connectivity index (χ0) is 29.5. The fourth-order valence-corrected chi connectivity index (χ4v) is 7.30. The Morgan fingerprint density at radius 3 is 2.20 bits per heavy atom. The first kappa shape index (κ1) is 30.6. The van der Waals surface area contributed by atoms with Crippen molar-refractivity contribution in [2.24, 2.45) is 5.92 Å². The summed E-state index contributed by atoms with van der Waals surface area (Å²) in [6.45, 7) is 20.5. The number of hydrogen-bond donors (Lipinski definition) is 2. The van der Waals surface area contributed by atoms with Crippen molar-refractivity contribution < 1.29 is 9.47 Å². The molecule has 2 fully saturated rings. The molecule has 0 radical (unpaired) electrons. The van der Waals surface area contributed by atoms with Crippen molar-refractivity contribution in [2.75, 3.05) is 19.8 Å². The summed E-state index contributed by atoms with van der Waals surface area (Å²) < 4.78 is 13.2. The third-order valence-corrected chi connectivity index (χ3v) is 10.4. The molecule has 2 saturated heterocycles. The normalized spacial score (nSPS) is 35.5. The van der Waals surface area contributed by atoms with E-state index in [-0.39, 0.29) is 28.3 Å². The number of rotatable bonds is 5. The first-order valence-corrected chi connectivity index (χ1v) is 16.2. The maximum absolute atomic E-state index is 6.72. The molecule has 0 spiro atoms. The van der Waals surface area contributed by atoms with Crippen LogP contribution in [0.25, 0.3) is 11.4 Å². The van der Waals surface area contributed by atoms with Crippen LogP contribution in [0.15, 0.2) is 30.3 Å². The Bertz CT molecular complexity index is 1220. The highest BCUT2D eigenvalue weighted by atomic mass is 16.5. The van der Waals surface area contributed by atoms with E-state index >= 15 is 0 Å². The molecule has 2 aromatic heterocycles. The molecule has 41 heavy (non-hydrogen) atoms. The summed E-state index contributed by atoms with van der Waals surface area (Å²) in [6, 6.07) is 11.1. The third kappa shape index (κ3) is 6.41. The zero-order valence-corrected chi connectivity index (χ0v) is 26.9. The lowest BCUT2D eigenvalue weighted by Gasteiger charge is -2.50. The van der Waals surface area contributed by atoms with Gasteiger partial charge in [0.25, 0.3) is 0 Å². The van der Waals surface area contributed by atoms with Gasteiger partial charge in [-0.15, -0.1) is 0 Å². The molecule has 6 nitrogen and oxygen atoms in total. The smallest absolute Gasteiger partial charge is 0.0893 e. The molecule has 5 heterocycles. The number of hydrogen-bond acceptors (Lipinski definition) is 6. The van der Waals surface area contributed by atoms with Gasteiger partial charge < -0.3 is 9.47 Å². The summed E-state index contributed by atoms with van der Waals surface area (Å²) in [6.07, 6.45) is 7.23. The minimum atomic E-state index is -0.339. The van der Waals surface area contributed by atoms with Crippen LogP contribution in [-0.4, -0.2) is 47.0 Å². The molecule has 8 bridgehead atoms. The predicted molar refractivity (Wildman–Crippen MR) is 167 cm³/mol. The average molecular weight is 563 g/mol. The van der Waals surface area contributed by atoms with E-state index in [0.29, 0.717) is 31.7 Å². The van der Waals surface area contributed by atoms with Crippen molar-refractivity contribution in [1.29, 1.82) is 0 Å². The Morgan fingerprint density at radius 1 is 0.854 bits per heavy atom. The molecule has 0 saturated carbocycles. The Hall–Kier alpha value is -1.86. The molecule has 2 N–H and O–H groups in total. The summed E-state index contributed by atoms with van der Waals surface area (Å²) in [5.41, 5.74) is 4.38. The van der Waals surface area contributed by atoms with Gasteiger partial charge in [0, 0.05) is 11.1 Å². The van der Waals surface area contributed by atoms with Crippen molar-refractivity contribution in [1.82, 2.24) is 20.6 Å². The highest BCUT2D eigenvalue weighted by Gasteiger charge is 2.46. The van der Waals surface area contributed by atoms with Crippen molar-refractivity contribution in [2.45, 2.75) is 135 Å². The van der Waals surface area contributed by atoms with Gasteiger partial charge in [0.1, 0.15) is 0 Å². The molecular formula is C35H54N4O2. The van der Waals surface area contributed by atoms with Crippen LogP contribution in [0.4, 0.5) is 0 Å². The second-order valence-corrected chi connectivity index (χ2v) is 14.6. The van der Waals surface area contributed by atoms with Crippen LogP contribution in [0.1, 0.15) is 123 Å². The van der Waals surface area contributed by atoms with Crippen LogP contribution in [-0.2, 0) is 20.6 Å². The van der Waals surface area contributed by atoms with Gasteiger partial charge in [-0.25, -0.2) is 9.97 Å². The highest BCUT2D eigenvalue weighted by Crippen LogP contribution is 2.42. The second-order valence-electron chi connectivity index (χ2n) is 14.6. The average Bonchev–Trinajstić information content (AvgIpc) is 2.95. The third-order valence-electron chi connectivity index (χ3n) is 10.4. The molecule has 0 aliphatic carbocycles. The standard InChI is InChI=1S/C35H54N4O2/c1-9-12-25(4)26-19-28-27-13-11-14-30(36-27)34(7)17-18-35(8,31(20-26)37-28)39-33(6)16-15-32(5,38-34)22-40-21-29(41-23-33)24(3)10-2/h11,13-14,19-20,24-25,29,38-39H,9-10,12,15-18,21-23H2,1-8H3. The number of nitrogens with zero attached hydrogens (tertiary/aromatic N) is 2. The monoisotopic (exact) mass is 562 g/mol. The topological polar surface area (TPSA) is 68.3 Å². The fourth-order valence-electron chi connectivity index (χ4n) is 7.30. The lowest BCUT2D eigenvalue weighted by atomic mass is 9.75. The molecule has 3 aliphatic rings. The van der Waals surface area contributed by atoms with E-state index < -0.39 is 0 Å². The molecule has 3 aliphatic heterocycles. The van der Waals surface area contributed by atoms with Crippen LogP contribution in [0.2, 0.25) is 0 Å². The molecule has 226 valence electrons. The van der Waals surface area contributed by atoms with E-state index in [9.17, 15) is 0 Å². The van der Waals surface area contributed by atoms with Gasteiger partial charge in [-0.2, -0.15) is 0 Å². The minimum Gasteiger partial charge on any atom is -0.377 e. The molecule has 7 atom stereocenters. The van der Waals surface area contributed by atoms with E-state index in [1.165, 1.54) is 5.56 Å². The predicted octanol–water partition coefficient (Wildman–Crippen LogP) is 7.22. The maximum Gasteiger partial charge on any atom is 0.0893 e. The van der Waals surface area contributed by atoms with E-state index in [2.05, 4.69) is 96.4 Å². The lowest BCUT2D eigenvalue weighted by molar-refractivity contribution is -0.0904. The SMILES string of the molecule is CCCC(C)c1cc2nc(c1)C1(C)CCC(C)(NC3(C)CCC(C)(COC(C(C)CC)COC3)N1)c1cccc-2n1. The van der Waals surface area contributed by atoms with Crippen LogP contribution in [0, 0.1) is 5.92 Å². The highest BCUT2D eigenvalue weighted by molar-refractivity contribution is 5.57. The molecule has 0 amide bonds. The summed E-state index contributed by atoms with van der Waals surface area (Å²) in [5, 5.41) is 8.40.